The molecule has 0 radical (unpaired) electrons. The molecular weight excluding hydrogens is 216 g/mol. The van der Waals surface area contributed by atoms with Crippen LogP contribution < -0.4 is 10.6 Å². The van der Waals surface area contributed by atoms with Crippen LogP contribution in [0.25, 0.3) is 0 Å². The van der Waals surface area contributed by atoms with E-state index in [1.807, 2.05) is 0 Å². The Morgan fingerprint density at radius 1 is 1.18 bits per heavy atom. The maximum atomic E-state index is 5.59. The van der Waals surface area contributed by atoms with Gasteiger partial charge in [0.2, 0.25) is 5.89 Å². The zero-order chi connectivity index (χ0) is 11.7. The van der Waals surface area contributed by atoms with Gasteiger partial charge in [0.15, 0.2) is 0 Å². The first kappa shape index (κ1) is 11.0. The molecule has 0 spiro atoms. The number of aromatic nitrogens is 2. The van der Waals surface area contributed by atoms with E-state index in [-0.39, 0.29) is 0 Å². The molecule has 1 aliphatic heterocycles. The van der Waals surface area contributed by atoms with Gasteiger partial charge in [-0.25, -0.2) is 0 Å². The Bertz CT molecular complexity index is 372. The molecule has 0 bridgehead atoms. The summed E-state index contributed by atoms with van der Waals surface area (Å²) in [5.41, 5.74) is 5.50. The van der Waals surface area contributed by atoms with Gasteiger partial charge in [-0.2, -0.15) is 0 Å². The molecule has 17 heavy (non-hydrogen) atoms. The van der Waals surface area contributed by atoms with Gasteiger partial charge in [0.1, 0.15) is 0 Å². The minimum atomic E-state index is 0.328. The summed E-state index contributed by atoms with van der Waals surface area (Å²) < 4.78 is 5.59. The van der Waals surface area contributed by atoms with E-state index in [1.54, 1.807) is 0 Å². The topological polar surface area (TPSA) is 68.2 Å². The van der Waals surface area contributed by atoms with E-state index in [0.29, 0.717) is 24.5 Å². The summed E-state index contributed by atoms with van der Waals surface area (Å²) in [5, 5.41) is 8.08. The predicted octanol–water partition coefficient (Wildman–Crippen LogP) is 1.69. The first-order valence-electron chi connectivity index (χ1n) is 6.67. The maximum Gasteiger partial charge on any atom is 0.318 e. The molecule has 1 atom stereocenters. The summed E-state index contributed by atoms with van der Waals surface area (Å²) in [6, 6.07) is 1.29. The van der Waals surface area contributed by atoms with E-state index in [1.165, 1.54) is 38.5 Å². The van der Waals surface area contributed by atoms with Gasteiger partial charge in [-0.1, -0.05) is 17.9 Å². The number of rotatable bonds is 3. The average Bonchev–Trinajstić information content (AvgIpc) is 3.09. The number of nitrogens with zero attached hydrogens (tertiary/aromatic N) is 3. The second kappa shape index (κ2) is 4.64. The van der Waals surface area contributed by atoms with Crippen molar-refractivity contribution in [2.24, 2.45) is 11.7 Å². The van der Waals surface area contributed by atoms with E-state index in [0.717, 1.165) is 12.5 Å². The van der Waals surface area contributed by atoms with Crippen LogP contribution in [-0.4, -0.2) is 22.8 Å². The largest absolute Gasteiger partial charge is 0.407 e. The Morgan fingerprint density at radius 2 is 2.00 bits per heavy atom. The molecule has 5 heteroatoms. The molecule has 2 heterocycles. The molecule has 0 amide bonds. The first-order valence-corrected chi connectivity index (χ1v) is 6.67. The summed E-state index contributed by atoms with van der Waals surface area (Å²) in [6.07, 6.45) is 7.99. The molecule has 1 saturated carbocycles. The third kappa shape index (κ3) is 2.04. The molecule has 0 aromatic carbocycles. The third-order valence-corrected chi connectivity index (χ3v) is 4.12. The van der Waals surface area contributed by atoms with Crippen molar-refractivity contribution in [3.63, 3.8) is 0 Å². The van der Waals surface area contributed by atoms with Crippen molar-refractivity contribution < 1.29 is 4.42 Å². The normalized spacial score (nSPS) is 25.9. The van der Waals surface area contributed by atoms with Crippen LogP contribution >= 0.6 is 0 Å². The van der Waals surface area contributed by atoms with Gasteiger partial charge >= 0.3 is 6.01 Å². The molecule has 94 valence electrons. The van der Waals surface area contributed by atoms with Crippen LogP contribution in [-0.2, 0) is 6.54 Å². The lowest BCUT2D eigenvalue weighted by Gasteiger charge is -2.27. The summed E-state index contributed by atoms with van der Waals surface area (Å²) in [5.74, 6) is 1.36. The fourth-order valence-corrected chi connectivity index (χ4v) is 3.31. The van der Waals surface area contributed by atoms with E-state index in [2.05, 4.69) is 15.1 Å². The summed E-state index contributed by atoms with van der Waals surface area (Å²) in [6.45, 7) is 1.38. The van der Waals surface area contributed by atoms with Crippen LogP contribution in [0.5, 0.6) is 0 Å². The Morgan fingerprint density at radius 3 is 2.71 bits per heavy atom. The fourth-order valence-electron chi connectivity index (χ4n) is 3.31. The Hall–Kier alpha value is -1.10. The van der Waals surface area contributed by atoms with Gasteiger partial charge in [0, 0.05) is 12.6 Å². The molecule has 5 nitrogen and oxygen atoms in total. The van der Waals surface area contributed by atoms with Crippen molar-refractivity contribution in [3.8, 4) is 0 Å². The van der Waals surface area contributed by atoms with E-state index >= 15 is 0 Å². The van der Waals surface area contributed by atoms with E-state index in [4.69, 9.17) is 10.2 Å². The molecule has 2 N–H and O–H groups in total. The molecule has 1 aromatic heterocycles. The van der Waals surface area contributed by atoms with E-state index in [9.17, 15) is 0 Å². The smallest absolute Gasteiger partial charge is 0.318 e. The van der Waals surface area contributed by atoms with Crippen molar-refractivity contribution in [3.05, 3.63) is 5.89 Å². The lowest BCUT2D eigenvalue weighted by Crippen LogP contribution is -2.34. The number of hydrogen-bond donors (Lipinski definition) is 1. The van der Waals surface area contributed by atoms with Crippen molar-refractivity contribution in [2.75, 3.05) is 11.4 Å². The molecule has 1 saturated heterocycles. The molecule has 2 aliphatic rings. The van der Waals surface area contributed by atoms with Gasteiger partial charge in [-0.05, 0) is 31.6 Å². The minimum Gasteiger partial charge on any atom is -0.407 e. The lowest BCUT2D eigenvalue weighted by atomic mass is 9.96. The van der Waals surface area contributed by atoms with Gasteiger partial charge in [0.05, 0.1) is 6.54 Å². The Kier molecular flexibility index (Phi) is 3.01. The third-order valence-electron chi connectivity index (χ3n) is 4.12. The summed E-state index contributed by atoms with van der Waals surface area (Å²) in [7, 11) is 0. The highest BCUT2D eigenvalue weighted by Gasteiger charge is 2.35. The lowest BCUT2D eigenvalue weighted by molar-refractivity contribution is 0.403. The van der Waals surface area contributed by atoms with Gasteiger partial charge in [-0.15, -0.1) is 5.10 Å². The van der Waals surface area contributed by atoms with Gasteiger partial charge < -0.3 is 15.1 Å². The van der Waals surface area contributed by atoms with Crippen LogP contribution in [0.4, 0.5) is 6.01 Å². The quantitative estimate of drug-likeness (QED) is 0.865. The standard InChI is InChI=1S/C12H20N4O/c13-8-11-14-15-12(17-11)16-7-3-6-10(16)9-4-1-2-5-9/h9-10H,1-8,13H2. The van der Waals surface area contributed by atoms with Crippen LogP contribution in [0, 0.1) is 5.92 Å². The van der Waals surface area contributed by atoms with E-state index < -0.39 is 0 Å². The maximum absolute atomic E-state index is 5.59. The second-order valence-corrected chi connectivity index (χ2v) is 5.13. The average molecular weight is 236 g/mol. The van der Waals surface area contributed by atoms with Crippen molar-refractivity contribution in [1.82, 2.24) is 10.2 Å². The minimum absolute atomic E-state index is 0.328. The molecule has 1 aromatic rings. The van der Waals surface area contributed by atoms with Gasteiger partial charge in [-0.3, -0.25) is 0 Å². The highest BCUT2D eigenvalue weighted by molar-refractivity contribution is 5.29. The van der Waals surface area contributed by atoms with Crippen molar-refractivity contribution in [1.29, 1.82) is 0 Å². The highest BCUT2D eigenvalue weighted by atomic mass is 16.4. The zero-order valence-electron chi connectivity index (χ0n) is 10.1. The number of hydrogen-bond acceptors (Lipinski definition) is 5. The summed E-state index contributed by atoms with van der Waals surface area (Å²) >= 11 is 0. The van der Waals surface area contributed by atoms with Crippen molar-refractivity contribution >= 4 is 6.01 Å². The van der Waals surface area contributed by atoms with Crippen LogP contribution in [0.15, 0.2) is 4.42 Å². The van der Waals surface area contributed by atoms with Gasteiger partial charge in [0.25, 0.3) is 0 Å². The fraction of sp³-hybridized carbons (Fsp3) is 0.833. The van der Waals surface area contributed by atoms with Crippen molar-refractivity contribution in [2.45, 2.75) is 51.1 Å². The molecular formula is C12H20N4O. The highest BCUT2D eigenvalue weighted by Crippen LogP contribution is 2.37. The zero-order valence-corrected chi connectivity index (χ0v) is 10.1. The molecule has 1 aliphatic carbocycles. The predicted molar refractivity (Wildman–Crippen MR) is 64.5 cm³/mol. The second-order valence-electron chi connectivity index (χ2n) is 5.13. The molecule has 3 rings (SSSR count). The Labute approximate surface area is 101 Å². The Balaban J connectivity index is 1.76. The monoisotopic (exact) mass is 236 g/mol. The SMILES string of the molecule is NCc1nnc(N2CCCC2C2CCCC2)o1. The first-order chi connectivity index (χ1) is 8.38. The molecule has 1 unspecified atom stereocenters. The number of anilines is 1. The van der Waals surface area contributed by atoms with Crippen LogP contribution in [0.1, 0.15) is 44.4 Å². The molecule has 2 fully saturated rings. The van der Waals surface area contributed by atoms with Crippen LogP contribution in [0.2, 0.25) is 0 Å². The summed E-state index contributed by atoms with van der Waals surface area (Å²) in [4.78, 5) is 2.31. The van der Waals surface area contributed by atoms with Crippen LogP contribution in [0.3, 0.4) is 0 Å². The number of nitrogens with two attached hydrogens (primary N) is 1.